The minimum absolute atomic E-state index is 0.589. The minimum Gasteiger partial charge on any atom is -0.493 e. The number of benzene rings is 1. The highest BCUT2D eigenvalue weighted by atomic mass is 35.5. The van der Waals surface area contributed by atoms with Crippen LogP contribution in [0.1, 0.15) is 10.7 Å². The second kappa shape index (κ2) is 6.12. The predicted octanol–water partition coefficient (Wildman–Crippen LogP) is 3.73. The molecule has 0 atom stereocenters. The molecule has 1 heterocycles. The van der Waals surface area contributed by atoms with Gasteiger partial charge in [-0.05, 0) is 6.92 Å². The molecule has 19 heavy (non-hydrogen) atoms. The Kier molecular flexibility index (Phi) is 4.50. The van der Waals surface area contributed by atoms with Gasteiger partial charge in [0.2, 0.25) is 0 Å². The van der Waals surface area contributed by atoms with Crippen LogP contribution in [0, 0.1) is 6.92 Å². The number of nitrogens with zero attached hydrogens (tertiary/aromatic N) is 1. The number of hydrogen-bond acceptors (Lipinski definition) is 5. The van der Waals surface area contributed by atoms with Crippen molar-refractivity contribution in [1.82, 2.24) is 4.98 Å². The zero-order valence-corrected chi connectivity index (χ0v) is 12.6. The zero-order chi connectivity index (χ0) is 13.8. The van der Waals surface area contributed by atoms with Crippen LogP contribution in [0.25, 0.3) is 0 Å². The third-order valence-corrected chi connectivity index (χ3v) is 3.85. The molecule has 102 valence electrons. The Morgan fingerprint density at radius 1 is 1.26 bits per heavy atom. The Morgan fingerprint density at radius 2 is 1.95 bits per heavy atom. The van der Waals surface area contributed by atoms with Gasteiger partial charge in [0, 0.05) is 23.2 Å². The van der Waals surface area contributed by atoms with Crippen molar-refractivity contribution in [3.05, 3.63) is 33.2 Å². The van der Waals surface area contributed by atoms with Gasteiger partial charge in [0.1, 0.15) is 5.01 Å². The Hall–Kier alpha value is -1.46. The first kappa shape index (κ1) is 14.0. The summed E-state index contributed by atoms with van der Waals surface area (Å²) in [6, 6.07) is 3.55. The zero-order valence-electron chi connectivity index (χ0n) is 11.0. The maximum atomic E-state index is 6.19. The van der Waals surface area contributed by atoms with Crippen molar-refractivity contribution < 1.29 is 9.47 Å². The van der Waals surface area contributed by atoms with Gasteiger partial charge in [-0.2, -0.15) is 0 Å². The molecule has 0 aliphatic rings. The molecule has 0 unspecified atom stereocenters. The van der Waals surface area contributed by atoms with Gasteiger partial charge in [0.15, 0.2) is 11.5 Å². The molecular weight excluding hydrogens is 284 g/mol. The molecule has 0 radical (unpaired) electrons. The van der Waals surface area contributed by atoms with Gasteiger partial charge in [0.25, 0.3) is 0 Å². The van der Waals surface area contributed by atoms with Crippen molar-refractivity contribution in [3.8, 4) is 11.5 Å². The molecule has 0 spiro atoms. The highest BCUT2D eigenvalue weighted by molar-refractivity contribution is 7.09. The molecule has 0 aliphatic heterocycles. The van der Waals surface area contributed by atoms with E-state index in [-0.39, 0.29) is 0 Å². The van der Waals surface area contributed by atoms with Crippen LogP contribution >= 0.6 is 22.9 Å². The summed E-state index contributed by atoms with van der Waals surface area (Å²) in [7, 11) is 3.18. The van der Waals surface area contributed by atoms with E-state index in [1.165, 1.54) is 0 Å². The van der Waals surface area contributed by atoms with Crippen LogP contribution in [0.5, 0.6) is 11.5 Å². The molecule has 4 nitrogen and oxygen atoms in total. The normalized spacial score (nSPS) is 10.3. The van der Waals surface area contributed by atoms with Crippen molar-refractivity contribution in [2.45, 2.75) is 13.5 Å². The van der Waals surface area contributed by atoms with Crippen LogP contribution in [-0.4, -0.2) is 19.2 Å². The van der Waals surface area contributed by atoms with Crippen molar-refractivity contribution in [2.75, 3.05) is 19.5 Å². The molecule has 2 aromatic rings. The van der Waals surface area contributed by atoms with Crippen LogP contribution in [0.2, 0.25) is 5.02 Å². The highest BCUT2D eigenvalue weighted by Gasteiger charge is 2.10. The third kappa shape index (κ3) is 3.30. The van der Waals surface area contributed by atoms with E-state index < -0.39 is 0 Å². The topological polar surface area (TPSA) is 43.4 Å². The predicted molar refractivity (Wildman–Crippen MR) is 78.7 cm³/mol. The average molecular weight is 299 g/mol. The lowest BCUT2D eigenvalue weighted by atomic mass is 10.2. The van der Waals surface area contributed by atoms with E-state index in [1.54, 1.807) is 31.6 Å². The van der Waals surface area contributed by atoms with Gasteiger partial charge in [-0.25, -0.2) is 4.98 Å². The van der Waals surface area contributed by atoms with E-state index in [0.717, 1.165) is 16.4 Å². The van der Waals surface area contributed by atoms with Gasteiger partial charge in [-0.1, -0.05) is 11.6 Å². The van der Waals surface area contributed by atoms with Crippen molar-refractivity contribution in [2.24, 2.45) is 0 Å². The molecule has 0 saturated carbocycles. The SMILES string of the molecule is COc1cc(Cl)c(NCc2nc(C)cs2)cc1OC. The lowest BCUT2D eigenvalue weighted by molar-refractivity contribution is 0.355. The van der Waals surface area contributed by atoms with Crippen molar-refractivity contribution >= 4 is 28.6 Å². The first-order chi connectivity index (χ1) is 9.13. The van der Waals surface area contributed by atoms with Crippen LogP contribution in [-0.2, 0) is 6.54 Å². The summed E-state index contributed by atoms with van der Waals surface area (Å²) in [6.07, 6.45) is 0. The number of thiazole rings is 1. The van der Waals surface area contributed by atoms with Gasteiger partial charge >= 0.3 is 0 Å². The number of aromatic nitrogens is 1. The first-order valence-electron chi connectivity index (χ1n) is 5.70. The highest BCUT2D eigenvalue weighted by Crippen LogP contribution is 2.36. The van der Waals surface area contributed by atoms with E-state index in [9.17, 15) is 0 Å². The van der Waals surface area contributed by atoms with E-state index in [0.29, 0.717) is 23.1 Å². The fraction of sp³-hybridized carbons (Fsp3) is 0.308. The van der Waals surface area contributed by atoms with Gasteiger partial charge in [-0.3, -0.25) is 0 Å². The molecule has 6 heteroatoms. The summed E-state index contributed by atoms with van der Waals surface area (Å²) in [4.78, 5) is 4.39. The second-order valence-corrected chi connectivity index (χ2v) is 5.27. The average Bonchev–Trinajstić information content (AvgIpc) is 2.82. The molecule has 1 aromatic heterocycles. The lowest BCUT2D eigenvalue weighted by Gasteiger charge is -2.12. The smallest absolute Gasteiger partial charge is 0.162 e. The van der Waals surface area contributed by atoms with E-state index in [1.807, 2.05) is 18.4 Å². The van der Waals surface area contributed by atoms with Crippen LogP contribution in [0.15, 0.2) is 17.5 Å². The van der Waals surface area contributed by atoms with E-state index >= 15 is 0 Å². The number of rotatable bonds is 5. The molecule has 0 fully saturated rings. The number of hydrogen-bond donors (Lipinski definition) is 1. The van der Waals surface area contributed by atoms with E-state index in [2.05, 4.69) is 10.3 Å². The molecule has 0 bridgehead atoms. The van der Waals surface area contributed by atoms with Gasteiger partial charge in [0.05, 0.1) is 31.5 Å². The minimum atomic E-state index is 0.589. The lowest BCUT2D eigenvalue weighted by Crippen LogP contribution is -2.01. The summed E-state index contributed by atoms with van der Waals surface area (Å²) < 4.78 is 10.4. The fourth-order valence-corrected chi connectivity index (χ4v) is 2.58. The van der Waals surface area contributed by atoms with Gasteiger partial charge < -0.3 is 14.8 Å². The number of anilines is 1. The van der Waals surface area contributed by atoms with Crippen LogP contribution < -0.4 is 14.8 Å². The maximum absolute atomic E-state index is 6.19. The Labute approximate surface area is 121 Å². The summed E-state index contributed by atoms with van der Waals surface area (Å²) in [5.74, 6) is 1.26. The summed E-state index contributed by atoms with van der Waals surface area (Å²) in [5, 5.41) is 6.88. The Balaban J connectivity index is 2.15. The third-order valence-electron chi connectivity index (χ3n) is 2.57. The second-order valence-electron chi connectivity index (χ2n) is 3.92. The van der Waals surface area contributed by atoms with Crippen molar-refractivity contribution in [1.29, 1.82) is 0 Å². The molecular formula is C13H15ClN2O2S. The molecule has 1 N–H and O–H groups in total. The maximum Gasteiger partial charge on any atom is 0.162 e. The monoisotopic (exact) mass is 298 g/mol. The summed E-state index contributed by atoms with van der Waals surface area (Å²) in [6.45, 7) is 2.61. The van der Waals surface area contributed by atoms with Crippen LogP contribution in [0.4, 0.5) is 5.69 Å². The number of halogens is 1. The first-order valence-corrected chi connectivity index (χ1v) is 6.96. The summed E-state index contributed by atoms with van der Waals surface area (Å²) >= 11 is 7.81. The standard InChI is InChI=1S/C13H15ClN2O2S/c1-8-7-19-13(16-8)6-15-10-5-12(18-3)11(17-2)4-9(10)14/h4-5,7,15H,6H2,1-3H3. The Morgan fingerprint density at radius 3 is 2.53 bits per heavy atom. The number of nitrogens with one attached hydrogen (secondary N) is 1. The van der Waals surface area contributed by atoms with Crippen molar-refractivity contribution in [3.63, 3.8) is 0 Å². The number of ether oxygens (including phenoxy) is 2. The largest absolute Gasteiger partial charge is 0.493 e. The number of aryl methyl sites for hydroxylation is 1. The molecule has 0 saturated heterocycles. The van der Waals surface area contributed by atoms with Crippen LogP contribution in [0.3, 0.4) is 0 Å². The summed E-state index contributed by atoms with van der Waals surface area (Å²) in [5.41, 5.74) is 1.83. The van der Waals surface area contributed by atoms with E-state index in [4.69, 9.17) is 21.1 Å². The Bertz CT molecular complexity index is 572. The quantitative estimate of drug-likeness (QED) is 0.913. The molecule has 0 amide bonds. The number of methoxy groups -OCH3 is 2. The van der Waals surface area contributed by atoms with Gasteiger partial charge in [-0.15, -0.1) is 11.3 Å². The molecule has 2 rings (SSSR count). The molecule has 1 aromatic carbocycles. The molecule has 0 aliphatic carbocycles. The fourth-order valence-electron chi connectivity index (χ4n) is 1.64.